The third-order valence-corrected chi connectivity index (χ3v) is 5.17. The summed E-state index contributed by atoms with van der Waals surface area (Å²) < 4.78 is 62.3. The first kappa shape index (κ1) is 20.0. The van der Waals surface area contributed by atoms with Gasteiger partial charge < -0.3 is 15.3 Å². The van der Waals surface area contributed by atoms with Gasteiger partial charge in [-0.1, -0.05) is 6.07 Å². The number of halogens is 3. The summed E-state index contributed by atoms with van der Waals surface area (Å²) >= 11 is 0. The van der Waals surface area contributed by atoms with Gasteiger partial charge in [0, 0.05) is 25.9 Å². The Morgan fingerprint density at radius 2 is 2.00 bits per heavy atom. The molecule has 1 aliphatic rings. The van der Waals surface area contributed by atoms with Crippen LogP contribution in [-0.4, -0.2) is 49.8 Å². The van der Waals surface area contributed by atoms with Gasteiger partial charge in [0.25, 0.3) is 0 Å². The lowest BCUT2D eigenvalue weighted by Gasteiger charge is -2.18. The number of hydrogen-bond donors (Lipinski definition) is 2. The fourth-order valence-electron chi connectivity index (χ4n) is 2.67. The van der Waals surface area contributed by atoms with Crippen molar-refractivity contribution in [2.75, 3.05) is 19.3 Å². The van der Waals surface area contributed by atoms with Gasteiger partial charge in [0.15, 0.2) is 9.84 Å². The zero-order chi connectivity index (χ0) is 19.7. The van der Waals surface area contributed by atoms with Gasteiger partial charge in [-0.15, -0.1) is 0 Å². The highest BCUT2D eigenvalue weighted by Gasteiger charge is 2.36. The van der Waals surface area contributed by atoms with Gasteiger partial charge >= 0.3 is 18.2 Å². The van der Waals surface area contributed by atoms with Crippen molar-refractivity contribution in [2.45, 2.75) is 24.0 Å². The second-order valence-corrected chi connectivity index (χ2v) is 8.01. The van der Waals surface area contributed by atoms with E-state index in [-0.39, 0.29) is 25.2 Å². The molecule has 7 nitrogen and oxygen atoms in total. The van der Waals surface area contributed by atoms with Gasteiger partial charge in [-0.2, -0.15) is 13.2 Å². The van der Waals surface area contributed by atoms with E-state index in [0.29, 0.717) is 18.7 Å². The number of aliphatic carboxylic acids is 1. The van der Waals surface area contributed by atoms with Crippen LogP contribution in [0.15, 0.2) is 23.1 Å². The van der Waals surface area contributed by atoms with Gasteiger partial charge in [-0.25, -0.2) is 13.2 Å². The van der Waals surface area contributed by atoms with E-state index in [0.717, 1.165) is 6.07 Å². The van der Waals surface area contributed by atoms with E-state index in [2.05, 4.69) is 5.32 Å². The molecule has 0 aromatic heterocycles. The first-order chi connectivity index (χ1) is 11.9. The van der Waals surface area contributed by atoms with Crippen LogP contribution >= 0.6 is 0 Å². The summed E-state index contributed by atoms with van der Waals surface area (Å²) in [7, 11) is -4.06. The average molecular weight is 394 g/mol. The minimum absolute atomic E-state index is 0.0297. The smallest absolute Gasteiger partial charge is 0.417 e. The van der Waals surface area contributed by atoms with E-state index < -0.39 is 44.4 Å². The standard InChI is InChI=1S/C15H17F3N2O5S/c1-26(24,25)12-3-2-9(6-11(12)15(16,17)18)7-19-14(23)20-5-4-10(8-20)13(21)22/h2-3,6,10H,4-5,7-8H2,1H3,(H,19,23)(H,21,22). The summed E-state index contributed by atoms with van der Waals surface area (Å²) in [4.78, 5) is 23.3. The summed E-state index contributed by atoms with van der Waals surface area (Å²) in [6, 6.07) is 2.14. The Morgan fingerprint density at radius 1 is 1.35 bits per heavy atom. The molecule has 1 atom stereocenters. The van der Waals surface area contributed by atoms with Crippen molar-refractivity contribution in [3.63, 3.8) is 0 Å². The Balaban J connectivity index is 2.11. The number of sulfone groups is 1. The van der Waals surface area contributed by atoms with Crippen molar-refractivity contribution < 1.29 is 36.3 Å². The van der Waals surface area contributed by atoms with Crippen LogP contribution in [-0.2, 0) is 27.4 Å². The molecule has 2 rings (SSSR count). The summed E-state index contributed by atoms with van der Waals surface area (Å²) in [5, 5.41) is 11.3. The highest BCUT2D eigenvalue weighted by Crippen LogP contribution is 2.34. The zero-order valence-corrected chi connectivity index (χ0v) is 14.5. The van der Waals surface area contributed by atoms with E-state index in [4.69, 9.17) is 5.11 Å². The van der Waals surface area contributed by atoms with E-state index in [1.165, 1.54) is 11.0 Å². The maximum absolute atomic E-state index is 13.1. The highest BCUT2D eigenvalue weighted by molar-refractivity contribution is 7.90. The third kappa shape index (κ3) is 4.65. The average Bonchev–Trinajstić information content (AvgIpc) is 3.01. The molecule has 1 aliphatic heterocycles. The number of likely N-dealkylation sites (tertiary alicyclic amines) is 1. The highest BCUT2D eigenvalue weighted by atomic mass is 32.2. The molecule has 0 saturated carbocycles. The molecular weight excluding hydrogens is 377 g/mol. The number of carbonyl (C=O) groups is 2. The maximum Gasteiger partial charge on any atom is 0.417 e. The largest absolute Gasteiger partial charge is 0.481 e. The van der Waals surface area contributed by atoms with Gasteiger partial charge in [0.2, 0.25) is 0 Å². The number of carboxylic acid groups (broad SMARTS) is 1. The van der Waals surface area contributed by atoms with Crippen molar-refractivity contribution >= 4 is 21.8 Å². The van der Waals surface area contributed by atoms with Crippen molar-refractivity contribution in [1.82, 2.24) is 10.2 Å². The number of nitrogens with one attached hydrogen (secondary N) is 1. The molecule has 1 aromatic rings. The number of carboxylic acids is 1. The summed E-state index contributed by atoms with van der Waals surface area (Å²) in [6.45, 7) is 0.0196. The van der Waals surface area contributed by atoms with Crippen LogP contribution < -0.4 is 5.32 Å². The molecule has 1 unspecified atom stereocenters. The predicted molar refractivity (Wildman–Crippen MR) is 84.1 cm³/mol. The number of benzene rings is 1. The van der Waals surface area contributed by atoms with E-state index in [9.17, 15) is 31.2 Å². The van der Waals surface area contributed by atoms with Crippen LogP contribution in [0.3, 0.4) is 0 Å². The summed E-state index contributed by atoms with van der Waals surface area (Å²) in [6.07, 6.45) is -3.86. The Bertz CT molecular complexity index is 823. The van der Waals surface area contributed by atoms with Crippen LogP contribution in [0.4, 0.5) is 18.0 Å². The van der Waals surface area contributed by atoms with Crippen LogP contribution in [0.1, 0.15) is 17.5 Å². The Morgan fingerprint density at radius 3 is 2.50 bits per heavy atom. The molecule has 144 valence electrons. The quantitative estimate of drug-likeness (QED) is 0.809. The third-order valence-electron chi connectivity index (χ3n) is 4.02. The number of nitrogens with zero attached hydrogens (tertiary/aromatic N) is 1. The molecule has 1 aromatic carbocycles. The zero-order valence-electron chi connectivity index (χ0n) is 13.7. The Labute approximate surface area is 147 Å². The van der Waals surface area contributed by atoms with E-state index in [1.54, 1.807) is 0 Å². The first-order valence-electron chi connectivity index (χ1n) is 7.55. The summed E-state index contributed by atoms with van der Waals surface area (Å²) in [5.74, 6) is -1.67. The van der Waals surface area contributed by atoms with Crippen LogP contribution in [0.25, 0.3) is 0 Å². The van der Waals surface area contributed by atoms with Crippen molar-refractivity contribution in [1.29, 1.82) is 0 Å². The number of alkyl halides is 3. The number of amides is 2. The van der Waals surface area contributed by atoms with Gasteiger partial charge in [0.05, 0.1) is 16.4 Å². The lowest BCUT2D eigenvalue weighted by Crippen LogP contribution is -2.38. The molecule has 2 N–H and O–H groups in total. The van der Waals surface area contributed by atoms with Gasteiger partial charge in [-0.3, -0.25) is 4.79 Å². The SMILES string of the molecule is CS(=O)(=O)c1ccc(CNC(=O)N2CCC(C(=O)O)C2)cc1C(F)(F)F. The lowest BCUT2D eigenvalue weighted by atomic mass is 10.1. The second kappa shape index (κ2) is 7.14. The summed E-state index contributed by atoms with van der Waals surface area (Å²) in [5.41, 5.74) is -1.22. The Kier molecular flexibility index (Phi) is 5.49. The maximum atomic E-state index is 13.1. The van der Waals surface area contributed by atoms with Gasteiger partial charge in [-0.05, 0) is 24.1 Å². The topological polar surface area (TPSA) is 104 Å². The fourth-order valence-corrected chi connectivity index (χ4v) is 3.56. The fraction of sp³-hybridized carbons (Fsp3) is 0.467. The monoisotopic (exact) mass is 394 g/mol. The molecule has 1 heterocycles. The van der Waals surface area contributed by atoms with Gasteiger partial charge in [0.1, 0.15) is 0 Å². The molecular formula is C15H17F3N2O5S. The van der Waals surface area contributed by atoms with E-state index in [1.807, 2.05) is 0 Å². The van der Waals surface area contributed by atoms with Crippen LogP contribution in [0.5, 0.6) is 0 Å². The molecule has 0 spiro atoms. The first-order valence-corrected chi connectivity index (χ1v) is 9.44. The lowest BCUT2D eigenvalue weighted by molar-refractivity contribution is -0.141. The minimum atomic E-state index is -4.86. The second-order valence-electron chi connectivity index (χ2n) is 6.03. The molecule has 26 heavy (non-hydrogen) atoms. The molecule has 1 saturated heterocycles. The molecule has 0 radical (unpaired) electrons. The Hall–Kier alpha value is -2.30. The number of carbonyl (C=O) groups excluding carboxylic acids is 1. The molecule has 11 heteroatoms. The molecule has 0 bridgehead atoms. The number of urea groups is 1. The van der Waals surface area contributed by atoms with Crippen LogP contribution in [0, 0.1) is 5.92 Å². The minimum Gasteiger partial charge on any atom is -0.481 e. The van der Waals surface area contributed by atoms with Crippen molar-refractivity contribution in [3.8, 4) is 0 Å². The van der Waals surface area contributed by atoms with Crippen molar-refractivity contribution in [2.24, 2.45) is 5.92 Å². The number of rotatable bonds is 4. The predicted octanol–water partition coefficient (Wildman–Crippen LogP) is 1.73. The normalized spacial score (nSPS) is 18.0. The molecule has 2 amide bonds. The molecule has 1 fully saturated rings. The van der Waals surface area contributed by atoms with Crippen molar-refractivity contribution in [3.05, 3.63) is 29.3 Å². The van der Waals surface area contributed by atoms with E-state index >= 15 is 0 Å². The van der Waals surface area contributed by atoms with Crippen LogP contribution in [0.2, 0.25) is 0 Å². The number of hydrogen-bond acceptors (Lipinski definition) is 4. The molecule has 0 aliphatic carbocycles.